The van der Waals surface area contributed by atoms with E-state index < -0.39 is 26.5 Å². The maximum Gasteiger partial charge on any atom is 0.472 e. The highest BCUT2D eigenvalue weighted by atomic mass is 31.2. The van der Waals surface area contributed by atoms with Crippen LogP contribution in [-0.2, 0) is 32.7 Å². The SMILES string of the molecule is CC/C=C\C/C=C\C/C=C\C/C=C\C/C=C\C/C=C\CCCCCCCCCCCCCCC(=O)OC(COC(=O)CCCCCCCCCCCCCCCCCCCCCCCC)COP(=O)(O)OCCN. The van der Waals surface area contributed by atoms with Crippen molar-refractivity contribution in [2.24, 2.45) is 5.73 Å². The van der Waals surface area contributed by atoms with Crippen LogP contribution < -0.4 is 5.73 Å². The molecule has 74 heavy (non-hydrogen) atoms. The molecule has 0 fully saturated rings. The highest BCUT2D eigenvalue weighted by molar-refractivity contribution is 7.47. The molecule has 0 aliphatic rings. The fourth-order valence-corrected chi connectivity index (χ4v) is 9.58. The second-order valence-corrected chi connectivity index (χ2v) is 22.0. The van der Waals surface area contributed by atoms with Gasteiger partial charge in [-0.1, -0.05) is 286 Å². The molecule has 3 N–H and O–H groups in total. The van der Waals surface area contributed by atoms with Crippen molar-refractivity contribution in [1.82, 2.24) is 0 Å². The van der Waals surface area contributed by atoms with Crippen LogP contribution >= 0.6 is 7.82 Å². The van der Waals surface area contributed by atoms with Gasteiger partial charge in [0, 0.05) is 19.4 Å². The Labute approximate surface area is 456 Å². The lowest BCUT2D eigenvalue weighted by molar-refractivity contribution is -0.161. The fourth-order valence-electron chi connectivity index (χ4n) is 8.82. The molecule has 0 saturated heterocycles. The minimum Gasteiger partial charge on any atom is -0.462 e. The first kappa shape index (κ1) is 71.5. The van der Waals surface area contributed by atoms with Crippen LogP contribution in [0.4, 0.5) is 0 Å². The predicted octanol–water partition coefficient (Wildman–Crippen LogP) is 19.7. The molecule has 0 heterocycles. The third kappa shape index (κ3) is 58.7. The largest absolute Gasteiger partial charge is 0.472 e. The number of rotatable bonds is 58. The van der Waals surface area contributed by atoms with Crippen LogP contribution in [0.15, 0.2) is 72.9 Å². The summed E-state index contributed by atoms with van der Waals surface area (Å²) in [6.45, 7) is 3.67. The molecule has 0 aliphatic heterocycles. The van der Waals surface area contributed by atoms with E-state index in [4.69, 9.17) is 24.3 Å². The monoisotopic (exact) mass is 1060 g/mol. The van der Waals surface area contributed by atoms with Gasteiger partial charge in [0.05, 0.1) is 13.2 Å². The van der Waals surface area contributed by atoms with E-state index in [9.17, 15) is 19.0 Å². The molecular formula is C64H116NO8P. The number of ether oxygens (including phenoxy) is 2. The lowest BCUT2D eigenvalue weighted by Crippen LogP contribution is -2.29. The van der Waals surface area contributed by atoms with E-state index in [1.54, 1.807) is 0 Å². The van der Waals surface area contributed by atoms with Crippen molar-refractivity contribution in [3.05, 3.63) is 72.9 Å². The molecule has 2 unspecified atom stereocenters. The van der Waals surface area contributed by atoms with Crippen LogP contribution in [-0.4, -0.2) is 49.3 Å². The van der Waals surface area contributed by atoms with E-state index in [0.717, 1.165) is 77.0 Å². The first-order valence-corrected chi connectivity index (χ1v) is 32.4. The standard InChI is InChI=1S/C64H116NO8P/c1-3-5-7-9-11-13-15-17-19-21-23-25-27-28-29-30-31-32-33-34-35-37-39-41-43-45-47-49-51-53-55-57-64(67)73-62(61-72-74(68,69)71-59-58-65)60-70-63(66)56-54-52-50-48-46-44-42-40-38-36-26-24-22-20-18-16-14-12-10-8-6-4-2/h5,7,11,13,17,19,23,25,28-29,31-32,62H,3-4,6,8-10,12,14-16,18,20-22,24,26-27,30,33-61,65H2,1-2H3,(H,68,69)/b7-5-,13-11-,19-17-,25-23-,29-28-,32-31-. The average Bonchev–Trinajstić information content (AvgIpc) is 3.39. The summed E-state index contributed by atoms with van der Waals surface area (Å²) in [4.78, 5) is 35.2. The van der Waals surface area contributed by atoms with E-state index >= 15 is 0 Å². The molecule has 0 aliphatic carbocycles. The molecule has 0 aromatic carbocycles. The Balaban J connectivity index is 3.94. The van der Waals surface area contributed by atoms with Crippen molar-refractivity contribution >= 4 is 19.8 Å². The maximum absolute atomic E-state index is 12.7. The molecule has 0 radical (unpaired) electrons. The third-order valence-corrected chi connectivity index (χ3v) is 14.3. The minimum absolute atomic E-state index is 0.0524. The van der Waals surface area contributed by atoms with Gasteiger partial charge in [0.15, 0.2) is 6.10 Å². The number of carbonyl (C=O) groups is 2. The molecule has 9 nitrogen and oxygen atoms in total. The van der Waals surface area contributed by atoms with Crippen molar-refractivity contribution in [2.75, 3.05) is 26.4 Å². The Bertz CT molecular complexity index is 1440. The van der Waals surface area contributed by atoms with Crippen LogP contribution in [0, 0.1) is 0 Å². The number of hydrogen-bond donors (Lipinski definition) is 2. The third-order valence-electron chi connectivity index (χ3n) is 13.4. The first-order chi connectivity index (χ1) is 36.3. The topological polar surface area (TPSA) is 134 Å². The van der Waals surface area contributed by atoms with Crippen molar-refractivity contribution in [3.63, 3.8) is 0 Å². The summed E-state index contributed by atoms with van der Waals surface area (Å²) in [6.07, 6.45) is 76.8. The molecule has 0 amide bonds. The number of phosphoric ester groups is 1. The summed E-state index contributed by atoms with van der Waals surface area (Å²) in [5.74, 6) is -0.819. The van der Waals surface area contributed by atoms with E-state index in [-0.39, 0.29) is 38.6 Å². The van der Waals surface area contributed by atoms with Crippen LogP contribution in [0.1, 0.15) is 290 Å². The first-order valence-electron chi connectivity index (χ1n) is 30.9. The van der Waals surface area contributed by atoms with Gasteiger partial charge in [-0.2, -0.15) is 0 Å². The normalized spacial score (nSPS) is 13.5. The van der Waals surface area contributed by atoms with Gasteiger partial charge < -0.3 is 20.1 Å². The van der Waals surface area contributed by atoms with Crippen LogP contribution in [0.2, 0.25) is 0 Å². The van der Waals surface area contributed by atoms with Gasteiger partial charge in [0.1, 0.15) is 6.61 Å². The van der Waals surface area contributed by atoms with Gasteiger partial charge in [-0.25, -0.2) is 4.57 Å². The van der Waals surface area contributed by atoms with Crippen molar-refractivity contribution in [3.8, 4) is 0 Å². The molecule has 0 bridgehead atoms. The second kappa shape index (κ2) is 59.7. The number of allylic oxidation sites excluding steroid dienone is 12. The summed E-state index contributed by atoms with van der Waals surface area (Å²) in [5, 5.41) is 0. The quantitative estimate of drug-likeness (QED) is 0.0264. The summed E-state index contributed by atoms with van der Waals surface area (Å²) in [7, 11) is -4.39. The molecular weight excluding hydrogens is 942 g/mol. The van der Waals surface area contributed by atoms with E-state index in [1.807, 2.05) is 0 Å². The molecule has 0 aromatic heterocycles. The zero-order valence-corrected chi connectivity index (χ0v) is 49.0. The highest BCUT2D eigenvalue weighted by Crippen LogP contribution is 2.43. The Hall–Kier alpha value is -2.55. The summed E-state index contributed by atoms with van der Waals surface area (Å²) >= 11 is 0. The van der Waals surface area contributed by atoms with Crippen molar-refractivity contribution in [2.45, 2.75) is 296 Å². The van der Waals surface area contributed by atoms with E-state index in [2.05, 4.69) is 86.8 Å². The maximum atomic E-state index is 12.7. The van der Waals surface area contributed by atoms with Crippen LogP contribution in [0.3, 0.4) is 0 Å². The van der Waals surface area contributed by atoms with E-state index in [1.165, 1.54) is 180 Å². The zero-order chi connectivity index (χ0) is 53.8. The Morgan fingerprint density at radius 1 is 0.419 bits per heavy atom. The molecule has 0 rings (SSSR count). The Morgan fingerprint density at radius 3 is 1.11 bits per heavy atom. The summed E-state index contributed by atoms with van der Waals surface area (Å²) in [5.41, 5.74) is 5.39. The molecule has 0 saturated carbocycles. The number of unbranched alkanes of at least 4 members (excludes halogenated alkanes) is 33. The average molecular weight is 1060 g/mol. The second-order valence-electron chi connectivity index (χ2n) is 20.6. The van der Waals surface area contributed by atoms with Crippen LogP contribution in [0.25, 0.3) is 0 Å². The number of carbonyl (C=O) groups excluding carboxylic acids is 2. The van der Waals surface area contributed by atoms with Gasteiger partial charge in [-0.15, -0.1) is 0 Å². The van der Waals surface area contributed by atoms with Crippen LogP contribution in [0.5, 0.6) is 0 Å². The zero-order valence-electron chi connectivity index (χ0n) is 48.1. The fraction of sp³-hybridized carbons (Fsp3) is 0.781. The molecule has 430 valence electrons. The Kier molecular flexibility index (Phi) is 57.6. The van der Waals surface area contributed by atoms with Gasteiger partial charge in [-0.05, 0) is 64.2 Å². The van der Waals surface area contributed by atoms with Crippen molar-refractivity contribution in [1.29, 1.82) is 0 Å². The van der Waals surface area contributed by atoms with Gasteiger partial charge in [0.2, 0.25) is 0 Å². The number of nitrogens with two attached hydrogens (primary N) is 1. The molecule has 0 aromatic rings. The van der Waals surface area contributed by atoms with Gasteiger partial charge >= 0.3 is 19.8 Å². The number of phosphoric acid groups is 1. The lowest BCUT2D eigenvalue weighted by atomic mass is 10.0. The van der Waals surface area contributed by atoms with E-state index in [0.29, 0.717) is 6.42 Å². The predicted molar refractivity (Wildman–Crippen MR) is 316 cm³/mol. The molecule has 2 atom stereocenters. The number of hydrogen-bond acceptors (Lipinski definition) is 8. The smallest absolute Gasteiger partial charge is 0.462 e. The summed E-state index contributed by atoms with van der Waals surface area (Å²) < 4.78 is 33.1. The van der Waals surface area contributed by atoms with Crippen molar-refractivity contribution < 1.29 is 37.6 Å². The summed E-state index contributed by atoms with van der Waals surface area (Å²) in [6, 6.07) is 0. The number of esters is 2. The lowest BCUT2D eigenvalue weighted by Gasteiger charge is -2.19. The molecule has 0 spiro atoms. The highest BCUT2D eigenvalue weighted by Gasteiger charge is 2.26. The van der Waals surface area contributed by atoms with Gasteiger partial charge in [-0.3, -0.25) is 18.6 Å². The Morgan fingerprint density at radius 2 is 0.743 bits per heavy atom. The van der Waals surface area contributed by atoms with Gasteiger partial charge in [0.25, 0.3) is 0 Å². The minimum atomic E-state index is -4.39. The molecule has 10 heteroatoms.